The van der Waals surface area contributed by atoms with Crippen molar-refractivity contribution < 1.29 is 33.3 Å². The van der Waals surface area contributed by atoms with Gasteiger partial charge in [0.15, 0.2) is 12.1 Å². The molecule has 1 aromatic heterocycles. The van der Waals surface area contributed by atoms with E-state index in [1.165, 1.54) is 18.9 Å². The van der Waals surface area contributed by atoms with Gasteiger partial charge in [-0.15, -0.1) is 0 Å². The summed E-state index contributed by atoms with van der Waals surface area (Å²) >= 11 is 1.52. The lowest BCUT2D eigenvalue weighted by Gasteiger charge is -2.36. The number of nitrogens with one attached hydrogen (secondary N) is 2. The second-order valence-corrected chi connectivity index (χ2v) is 15.9. The van der Waals surface area contributed by atoms with E-state index in [9.17, 15) is 14.7 Å². The molecule has 1 aliphatic heterocycles. The van der Waals surface area contributed by atoms with Crippen molar-refractivity contribution >= 4 is 23.8 Å². The Morgan fingerprint density at radius 3 is 2.06 bits per heavy atom. The van der Waals surface area contributed by atoms with Crippen LogP contribution in [-0.2, 0) is 38.6 Å². The molecule has 1 saturated heterocycles. The molecule has 1 fully saturated rings. The number of aliphatic hydroxyl groups excluding tert-OH is 1. The van der Waals surface area contributed by atoms with Crippen LogP contribution < -0.4 is 10.6 Å². The molecular weight excluding hydrogens is 799 g/mol. The number of carbonyl (C=O) groups excluding carboxylic acids is 2. The smallest absolute Gasteiger partial charge is 0.328 e. The quantitative estimate of drug-likeness (QED) is 0.0682. The van der Waals surface area contributed by atoms with Gasteiger partial charge in [0.1, 0.15) is 11.7 Å². The molecule has 314 valence electrons. The number of amides is 2. The molecule has 1 aliphatic rings. The average Bonchev–Trinajstić information content (AvgIpc) is 3.78. The standard InChI is InChI=1S/C51H47N3O7S/c1-58-48(56)44(29-34-12-5-2-6-13-34)53-50(57)52-31-36-14-11-19-42(28-36)37-24-26-41(27-25-37)49-59-43(30-45(60-49)38-22-20-35(32-55)21-23-38)33-62-51-54-46(39-15-7-3-8-16-39)47(61-51)40-17-9-4-10-18-40/h2-28,43-45,49,55H,29-33H2,1H3,(H2,52,53,57)/t43-,44-,45+,49+/m0/s1. The van der Waals surface area contributed by atoms with E-state index in [4.69, 9.17) is 23.6 Å². The summed E-state index contributed by atoms with van der Waals surface area (Å²) in [5, 5.41) is 15.9. The van der Waals surface area contributed by atoms with Crippen LogP contribution in [0.2, 0.25) is 0 Å². The first-order chi connectivity index (χ1) is 30.4. The molecule has 8 rings (SSSR count). The van der Waals surface area contributed by atoms with E-state index in [1.54, 1.807) is 0 Å². The van der Waals surface area contributed by atoms with E-state index in [1.807, 2.05) is 164 Å². The fourth-order valence-corrected chi connectivity index (χ4v) is 8.24. The lowest BCUT2D eigenvalue weighted by molar-refractivity contribution is -0.245. The van der Waals surface area contributed by atoms with Crippen molar-refractivity contribution in [2.24, 2.45) is 0 Å². The molecule has 4 atom stereocenters. The number of benzene rings is 6. The summed E-state index contributed by atoms with van der Waals surface area (Å²) in [5.41, 5.74) is 9.22. The van der Waals surface area contributed by atoms with Gasteiger partial charge in [0.05, 0.1) is 25.9 Å². The molecule has 6 aromatic carbocycles. The number of urea groups is 1. The van der Waals surface area contributed by atoms with E-state index >= 15 is 0 Å². The highest BCUT2D eigenvalue weighted by Gasteiger charge is 2.33. The summed E-state index contributed by atoms with van der Waals surface area (Å²) in [7, 11) is 1.31. The zero-order valence-electron chi connectivity index (χ0n) is 34.2. The first kappa shape index (κ1) is 42.2. The number of hydrogen-bond acceptors (Lipinski definition) is 9. The van der Waals surface area contributed by atoms with Crippen LogP contribution in [0.4, 0.5) is 4.79 Å². The van der Waals surface area contributed by atoms with Gasteiger partial charge >= 0.3 is 12.0 Å². The van der Waals surface area contributed by atoms with E-state index < -0.39 is 24.3 Å². The fraction of sp³-hybridized carbons (Fsp3) is 0.196. The van der Waals surface area contributed by atoms with Crippen molar-refractivity contribution in [1.82, 2.24) is 15.6 Å². The minimum atomic E-state index is -0.824. The third kappa shape index (κ3) is 10.7. The number of methoxy groups -OCH3 is 1. The molecule has 0 spiro atoms. The predicted molar refractivity (Wildman–Crippen MR) is 240 cm³/mol. The lowest BCUT2D eigenvalue weighted by Crippen LogP contribution is -2.47. The van der Waals surface area contributed by atoms with Crippen LogP contribution in [0.5, 0.6) is 0 Å². The fourth-order valence-electron chi connectivity index (χ4n) is 7.40. The van der Waals surface area contributed by atoms with Crippen LogP contribution in [0, 0.1) is 0 Å². The molecule has 62 heavy (non-hydrogen) atoms. The Bertz CT molecular complexity index is 2480. The number of nitrogens with zero attached hydrogens (tertiary/aromatic N) is 1. The van der Waals surface area contributed by atoms with E-state index in [2.05, 4.69) is 10.6 Å². The maximum atomic E-state index is 12.9. The minimum absolute atomic E-state index is 0.0311. The molecule has 3 N–H and O–H groups in total. The monoisotopic (exact) mass is 845 g/mol. The van der Waals surface area contributed by atoms with Crippen LogP contribution in [0.1, 0.15) is 46.6 Å². The lowest BCUT2D eigenvalue weighted by atomic mass is 9.99. The van der Waals surface area contributed by atoms with E-state index in [-0.39, 0.29) is 25.4 Å². The Balaban J connectivity index is 0.951. The Labute approximate surface area is 365 Å². The summed E-state index contributed by atoms with van der Waals surface area (Å²) in [5.74, 6) is 0.797. The second-order valence-electron chi connectivity index (χ2n) is 15.0. The van der Waals surface area contributed by atoms with Crippen LogP contribution >= 0.6 is 11.8 Å². The third-order valence-electron chi connectivity index (χ3n) is 10.7. The van der Waals surface area contributed by atoms with Crippen molar-refractivity contribution in [2.75, 3.05) is 12.9 Å². The number of aromatic nitrogens is 1. The Kier molecular flexibility index (Phi) is 13.9. The number of ether oxygens (including phenoxy) is 3. The third-order valence-corrected chi connectivity index (χ3v) is 11.6. The summed E-state index contributed by atoms with van der Waals surface area (Å²) in [6.07, 6.45) is -0.155. The Hall–Kier alpha value is -6.50. The molecular formula is C51H47N3O7S. The van der Waals surface area contributed by atoms with Crippen LogP contribution in [0.25, 0.3) is 33.7 Å². The maximum Gasteiger partial charge on any atom is 0.328 e. The van der Waals surface area contributed by atoms with Gasteiger partial charge in [-0.1, -0.05) is 169 Å². The van der Waals surface area contributed by atoms with Crippen LogP contribution in [0.3, 0.4) is 0 Å². The summed E-state index contributed by atoms with van der Waals surface area (Å²) in [6.45, 7) is 0.228. The largest absolute Gasteiger partial charge is 0.467 e. The molecule has 0 radical (unpaired) electrons. The topological polar surface area (TPSA) is 132 Å². The van der Waals surface area contributed by atoms with Gasteiger partial charge < -0.3 is 34.4 Å². The molecule has 0 saturated carbocycles. The number of oxazole rings is 1. The van der Waals surface area contributed by atoms with Crippen molar-refractivity contribution in [3.8, 4) is 33.7 Å². The average molecular weight is 846 g/mol. The molecule has 0 unspecified atom stereocenters. The molecule has 2 amide bonds. The zero-order valence-corrected chi connectivity index (χ0v) is 35.0. The predicted octanol–water partition coefficient (Wildman–Crippen LogP) is 10.1. The van der Waals surface area contributed by atoms with Crippen molar-refractivity contribution in [3.05, 3.63) is 192 Å². The second kappa shape index (κ2) is 20.4. The first-order valence-electron chi connectivity index (χ1n) is 20.5. The summed E-state index contributed by atoms with van der Waals surface area (Å²) < 4.78 is 24.7. The maximum absolute atomic E-state index is 12.9. The van der Waals surface area contributed by atoms with Gasteiger partial charge in [0.2, 0.25) is 0 Å². The van der Waals surface area contributed by atoms with Crippen LogP contribution in [0.15, 0.2) is 173 Å². The normalized spacial score (nSPS) is 16.6. The van der Waals surface area contributed by atoms with Gasteiger partial charge in [0, 0.05) is 41.8 Å². The van der Waals surface area contributed by atoms with Crippen molar-refractivity contribution in [2.45, 2.75) is 55.8 Å². The van der Waals surface area contributed by atoms with Gasteiger partial charge in [-0.2, -0.15) is 0 Å². The minimum Gasteiger partial charge on any atom is -0.467 e. The zero-order chi connectivity index (χ0) is 42.7. The van der Waals surface area contributed by atoms with Crippen LogP contribution in [-0.4, -0.2) is 47.1 Å². The van der Waals surface area contributed by atoms with E-state index in [0.717, 1.165) is 61.5 Å². The number of aliphatic hydroxyl groups is 1. The number of esters is 1. The Morgan fingerprint density at radius 2 is 1.37 bits per heavy atom. The van der Waals surface area contributed by atoms with Gasteiger partial charge in [-0.3, -0.25) is 0 Å². The molecule has 2 heterocycles. The van der Waals surface area contributed by atoms with Crippen molar-refractivity contribution in [1.29, 1.82) is 0 Å². The summed E-state index contributed by atoms with van der Waals surface area (Å²) in [4.78, 5) is 30.3. The van der Waals surface area contributed by atoms with Gasteiger partial charge in [-0.05, 0) is 39.4 Å². The first-order valence-corrected chi connectivity index (χ1v) is 21.5. The number of carbonyl (C=O) groups is 2. The number of hydrogen-bond donors (Lipinski definition) is 3. The number of rotatable bonds is 15. The molecule has 0 aliphatic carbocycles. The Morgan fingerprint density at radius 1 is 0.726 bits per heavy atom. The highest BCUT2D eigenvalue weighted by molar-refractivity contribution is 7.99. The number of thioether (sulfide) groups is 1. The van der Waals surface area contributed by atoms with Gasteiger partial charge in [0.25, 0.3) is 5.22 Å². The van der Waals surface area contributed by atoms with Crippen molar-refractivity contribution in [3.63, 3.8) is 0 Å². The SMILES string of the molecule is COC(=O)[C@H](Cc1ccccc1)NC(=O)NCc1cccc(-c2ccc([C@@H]3O[C@H](CSc4nc(-c5ccccc5)c(-c5ccccc5)o4)C[C@H](c4ccc(CO)cc4)O3)cc2)c1. The molecule has 10 nitrogen and oxygen atoms in total. The molecule has 11 heteroatoms. The highest BCUT2D eigenvalue weighted by atomic mass is 32.2. The van der Waals surface area contributed by atoms with Gasteiger partial charge in [-0.25, -0.2) is 14.6 Å². The summed E-state index contributed by atoms with van der Waals surface area (Å²) in [6, 6.07) is 52.2. The van der Waals surface area contributed by atoms with E-state index in [0.29, 0.717) is 23.8 Å². The highest BCUT2D eigenvalue weighted by Crippen LogP contribution is 2.41. The molecule has 0 bridgehead atoms. The molecule has 7 aromatic rings.